The van der Waals surface area contributed by atoms with E-state index in [4.69, 9.17) is 0 Å². The first kappa shape index (κ1) is 15.7. The molecule has 0 aromatic heterocycles. The second-order valence-corrected chi connectivity index (χ2v) is 3.94. The molecule has 0 aliphatic rings. The molecule has 0 aliphatic heterocycles. The smallest absolute Gasteiger partial charge is 0.0348 e. The molecular weight excluding hydrogens is 204 g/mol. The number of hydrogen-bond donors (Lipinski definition) is 0. The van der Waals surface area contributed by atoms with Gasteiger partial charge in [0.05, 0.1) is 0 Å². The minimum atomic E-state index is 1.16. The summed E-state index contributed by atoms with van der Waals surface area (Å²) in [6, 6.07) is 0. The van der Waals surface area contributed by atoms with Crippen molar-refractivity contribution in [1.82, 2.24) is 0 Å². The SMILES string of the molecule is CCCC=CC=CC=CC=CC=CCCCC. The van der Waals surface area contributed by atoms with Gasteiger partial charge in [0.2, 0.25) is 0 Å². The zero-order valence-corrected chi connectivity index (χ0v) is 11.3. The van der Waals surface area contributed by atoms with Gasteiger partial charge in [0.1, 0.15) is 0 Å². The molecule has 0 aromatic carbocycles. The minimum absolute atomic E-state index is 1.16. The lowest BCUT2D eigenvalue weighted by molar-refractivity contribution is 0.815. The summed E-state index contributed by atoms with van der Waals surface area (Å²) < 4.78 is 0. The van der Waals surface area contributed by atoms with Gasteiger partial charge in [0.25, 0.3) is 0 Å². The van der Waals surface area contributed by atoms with E-state index < -0.39 is 0 Å². The molecule has 0 bridgehead atoms. The normalized spacial score (nSPS) is 13.3. The van der Waals surface area contributed by atoms with E-state index in [1.165, 1.54) is 25.7 Å². The highest BCUT2D eigenvalue weighted by molar-refractivity contribution is 5.17. The van der Waals surface area contributed by atoms with Crippen molar-refractivity contribution in [2.75, 3.05) is 0 Å². The Labute approximate surface area is 107 Å². The van der Waals surface area contributed by atoms with Crippen LogP contribution in [0.2, 0.25) is 0 Å². The van der Waals surface area contributed by atoms with Crippen LogP contribution in [0.1, 0.15) is 46.0 Å². The van der Waals surface area contributed by atoms with Gasteiger partial charge in [-0.05, 0) is 12.8 Å². The maximum atomic E-state index is 2.22. The molecule has 0 unspecified atom stereocenters. The summed E-state index contributed by atoms with van der Waals surface area (Å²) in [4.78, 5) is 0. The molecule has 0 fully saturated rings. The Morgan fingerprint density at radius 1 is 0.529 bits per heavy atom. The summed E-state index contributed by atoms with van der Waals surface area (Å²) in [6.45, 7) is 4.40. The van der Waals surface area contributed by atoms with Gasteiger partial charge in [0.15, 0.2) is 0 Å². The molecule has 0 heteroatoms. The summed E-state index contributed by atoms with van der Waals surface area (Å²) in [5.74, 6) is 0. The van der Waals surface area contributed by atoms with Crippen LogP contribution in [0.15, 0.2) is 60.8 Å². The summed E-state index contributed by atoms with van der Waals surface area (Å²) in [5, 5.41) is 0. The molecule has 0 saturated carbocycles. The van der Waals surface area contributed by atoms with Gasteiger partial charge in [-0.1, -0.05) is 93.9 Å². The number of unbranched alkanes of at least 4 members (excludes halogenated alkanes) is 3. The van der Waals surface area contributed by atoms with Crippen molar-refractivity contribution in [1.29, 1.82) is 0 Å². The van der Waals surface area contributed by atoms with Crippen LogP contribution in [-0.2, 0) is 0 Å². The van der Waals surface area contributed by atoms with Crippen LogP contribution < -0.4 is 0 Å². The summed E-state index contributed by atoms with van der Waals surface area (Å²) in [5.41, 5.74) is 0. The molecule has 0 saturated heterocycles. The third kappa shape index (κ3) is 14.7. The van der Waals surface area contributed by atoms with Crippen molar-refractivity contribution in [3.63, 3.8) is 0 Å². The Bertz CT molecular complexity index is 274. The fourth-order valence-corrected chi connectivity index (χ4v) is 1.22. The lowest BCUT2D eigenvalue weighted by atomic mass is 10.2. The third-order valence-electron chi connectivity index (χ3n) is 2.23. The van der Waals surface area contributed by atoms with Crippen molar-refractivity contribution < 1.29 is 0 Å². The van der Waals surface area contributed by atoms with Gasteiger partial charge in [-0.25, -0.2) is 0 Å². The first-order valence-electron chi connectivity index (χ1n) is 6.73. The van der Waals surface area contributed by atoms with Crippen LogP contribution in [0.4, 0.5) is 0 Å². The van der Waals surface area contributed by atoms with Gasteiger partial charge < -0.3 is 0 Å². The van der Waals surface area contributed by atoms with Crippen molar-refractivity contribution in [3.05, 3.63) is 60.8 Å². The highest BCUT2D eigenvalue weighted by Crippen LogP contribution is 1.95. The van der Waals surface area contributed by atoms with Gasteiger partial charge >= 0.3 is 0 Å². The quantitative estimate of drug-likeness (QED) is 0.349. The Kier molecular flexibility index (Phi) is 13.6. The van der Waals surface area contributed by atoms with Crippen LogP contribution in [0, 0.1) is 0 Å². The van der Waals surface area contributed by atoms with E-state index >= 15 is 0 Å². The lowest BCUT2D eigenvalue weighted by Crippen LogP contribution is -1.64. The van der Waals surface area contributed by atoms with Crippen molar-refractivity contribution >= 4 is 0 Å². The standard InChI is InChI=1S/C17H26/c1-3-5-7-9-11-13-15-17-16-14-12-10-8-6-4-2/h7,9-17H,3-6,8H2,1-2H3. The van der Waals surface area contributed by atoms with Gasteiger partial charge in [-0.3, -0.25) is 0 Å². The molecule has 0 radical (unpaired) electrons. The number of allylic oxidation sites excluding steroid dienone is 10. The predicted molar refractivity (Wildman–Crippen MR) is 80.1 cm³/mol. The van der Waals surface area contributed by atoms with Gasteiger partial charge in [-0.2, -0.15) is 0 Å². The Hall–Kier alpha value is -1.30. The van der Waals surface area contributed by atoms with Crippen LogP contribution in [0.5, 0.6) is 0 Å². The zero-order valence-electron chi connectivity index (χ0n) is 11.3. The molecule has 17 heavy (non-hydrogen) atoms. The second-order valence-electron chi connectivity index (χ2n) is 3.94. The molecule has 0 heterocycles. The molecule has 0 atom stereocenters. The van der Waals surface area contributed by atoms with Crippen LogP contribution in [0.25, 0.3) is 0 Å². The predicted octanol–water partition coefficient (Wildman–Crippen LogP) is 5.76. The summed E-state index contributed by atoms with van der Waals surface area (Å²) >= 11 is 0. The molecule has 0 aromatic rings. The highest BCUT2D eigenvalue weighted by Gasteiger charge is 1.74. The van der Waals surface area contributed by atoms with Crippen molar-refractivity contribution in [3.8, 4) is 0 Å². The average Bonchev–Trinajstić information content (AvgIpc) is 2.35. The maximum Gasteiger partial charge on any atom is -0.0348 e. The fourth-order valence-electron chi connectivity index (χ4n) is 1.22. The minimum Gasteiger partial charge on any atom is -0.0845 e. The summed E-state index contributed by atoms with van der Waals surface area (Å²) in [7, 11) is 0. The van der Waals surface area contributed by atoms with E-state index in [1.54, 1.807) is 0 Å². The average molecular weight is 230 g/mol. The molecule has 0 aliphatic carbocycles. The lowest BCUT2D eigenvalue weighted by Gasteiger charge is -1.85. The van der Waals surface area contributed by atoms with Gasteiger partial charge in [0, 0.05) is 0 Å². The van der Waals surface area contributed by atoms with E-state index in [-0.39, 0.29) is 0 Å². The van der Waals surface area contributed by atoms with E-state index in [9.17, 15) is 0 Å². The monoisotopic (exact) mass is 230 g/mol. The number of hydrogen-bond acceptors (Lipinski definition) is 0. The Balaban J connectivity index is 3.58. The van der Waals surface area contributed by atoms with Crippen LogP contribution >= 0.6 is 0 Å². The zero-order chi connectivity index (χ0) is 12.6. The van der Waals surface area contributed by atoms with E-state index in [0.717, 1.165) is 6.42 Å². The molecule has 0 amide bonds. The largest absolute Gasteiger partial charge is 0.0845 e. The van der Waals surface area contributed by atoms with Crippen molar-refractivity contribution in [2.45, 2.75) is 46.0 Å². The van der Waals surface area contributed by atoms with Crippen LogP contribution in [-0.4, -0.2) is 0 Å². The molecule has 0 N–H and O–H groups in total. The highest BCUT2D eigenvalue weighted by atomic mass is 13.8. The van der Waals surface area contributed by atoms with Crippen LogP contribution in [0.3, 0.4) is 0 Å². The Morgan fingerprint density at radius 3 is 1.47 bits per heavy atom. The van der Waals surface area contributed by atoms with Gasteiger partial charge in [-0.15, -0.1) is 0 Å². The molecular formula is C17H26. The topological polar surface area (TPSA) is 0 Å². The number of rotatable bonds is 9. The van der Waals surface area contributed by atoms with E-state index in [2.05, 4.69) is 62.5 Å². The fraction of sp³-hybridized carbons (Fsp3) is 0.412. The first-order chi connectivity index (χ1) is 8.41. The molecule has 0 spiro atoms. The molecule has 0 rings (SSSR count). The molecule has 0 nitrogen and oxygen atoms in total. The van der Waals surface area contributed by atoms with E-state index in [0.29, 0.717) is 0 Å². The maximum absolute atomic E-state index is 2.22. The third-order valence-corrected chi connectivity index (χ3v) is 2.23. The first-order valence-corrected chi connectivity index (χ1v) is 6.73. The second kappa shape index (κ2) is 14.7. The molecule has 94 valence electrons. The van der Waals surface area contributed by atoms with E-state index in [1.807, 2.05) is 12.2 Å². The Morgan fingerprint density at radius 2 is 1.00 bits per heavy atom. The van der Waals surface area contributed by atoms with Crippen molar-refractivity contribution in [2.24, 2.45) is 0 Å². The summed E-state index contributed by atoms with van der Waals surface area (Å²) in [6.07, 6.45) is 27.1.